The van der Waals surface area contributed by atoms with Crippen LogP contribution in [0.3, 0.4) is 0 Å². The minimum Gasteiger partial charge on any atom is -0.451 e. The van der Waals surface area contributed by atoms with E-state index >= 15 is 0 Å². The Balaban J connectivity index is 1.47. The Morgan fingerprint density at radius 3 is 2.67 bits per heavy atom. The maximum absolute atomic E-state index is 12.5. The number of amides is 3. The van der Waals surface area contributed by atoms with Crippen molar-refractivity contribution in [2.24, 2.45) is 0 Å². The van der Waals surface area contributed by atoms with Crippen LogP contribution in [0.1, 0.15) is 46.6 Å². The lowest BCUT2D eigenvalue weighted by Crippen LogP contribution is -2.50. The molecule has 7 nitrogen and oxygen atoms in total. The molecule has 7 heteroatoms. The predicted octanol–water partition coefficient (Wildman–Crippen LogP) is 1.85. The minimum absolute atomic E-state index is 0.150. The van der Waals surface area contributed by atoms with Gasteiger partial charge in [0.15, 0.2) is 5.76 Å². The number of hydrogen-bond acceptors (Lipinski definition) is 4. The molecule has 3 N–H and O–H groups in total. The number of furan rings is 1. The summed E-state index contributed by atoms with van der Waals surface area (Å²) in [4.78, 5) is 36.4. The van der Waals surface area contributed by atoms with Crippen LogP contribution in [0, 0.1) is 0 Å². The molecule has 27 heavy (non-hydrogen) atoms. The molecule has 2 heterocycles. The van der Waals surface area contributed by atoms with Gasteiger partial charge in [-0.2, -0.15) is 0 Å². The fourth-order valence-corrected chi connectivity index (χ4v) is 3.06. The van der Waals surface area contributed by atoms with Gasteiger partial charge in [0.05, 0.1) is 0 Å². The quantitative estimate of drug-likeness (QED) is 0.751. The Kier molecular flexibility index (Phi) is 4.66. The Morgan fingerprint density at radius 1 is 1.04 bits per heavy atom. The SMILES string of the molecule is O=C(NC1CCCNC1=O)c1cccc(-c2ccc(C(=O)NC3CC3)o2)c1. The molecule has 0 radical (unpaired) electrons. The molecule has 3 amide bonds. The van der Waals surface area contributed by atoms with Gasteiger partial charge < -0.3 is 20.4 Å². The fourth-order valence-electron chi connectivity index (χ4n) is 3.06. The van der Waals surface area contributed by atoms with Crippen LogP contribution in [0.15, 0.2) is 40.8 Å². The summed E-state index contributed by atoms with van der Waals surface area (Å²) in [6, 6.07) is 10.0. The summed E-state index contributed by atoms with van der Waals surface area (Å²) < 4.78 is 5.65. The number of carbonyl (C=O) groups is 3. The van der Waals surface area contributed by atoms with Gasteiger partial charge in [-0.3, -0.25) is 14.4 Å². The first-order valence-corrected chi connectivity index (χ1v) is 9.20. The van der Waals surface area contributed by atoms with E-state index in [4.69, 9.17) is 4.42 Å². The van der Waals surface area contributed by atoms with Crippen LogP contribution >= 0.6 is 0 Å². The van der Waals surface area contributed by atoms with Crippen molar-refractivity contribution < 1.29 is 18.8 Å². The Bertz CT molecular complexity index is 885. The van der Waals surface area contributed by atoms with Crippen LogP contribution in [-0.4, -0.2) is 36.3 Å². The molecule has 1 unspecified atom stereocenters. The monoisotopic (exact) mass is 367 g/mol. The molecular weight excluding hydrogens is 346 g/mol. The van der Waals surface area contributed by atoms with Gasteiger partial charge in [0, 0.05) is 23.7 Å². The second-order valence-electron chi connectivity index (χ2n) is 6.95. The van der Waals surface area contributed by atoms with Gasteiger partial charge in [0.25, 0.3) is 11.8 Å². The van der Waals surface area contributed by atoms with Crippen LogP contribution < -0.4 is 16.0 Å². The van der Waals surface area contributed by atoms with E-state index in [9.17, 15) is 14.4 Å². The number of nitrogens with one attached hydrogen (secondary N) is 3. The molecule has 1 atom stereocenters. The first kappa shape index (κ1) is 17.3. The van der Waals surface area contributed by atoms with Gasteiger partial charge in [0.2, 0.25) is 5.91 Å². The van der Waals surface area contributed by atoms with Crippen molar-refractivity contribution in [2.45, 2.75) is 37.8 Å². The van der Waals surface area contributed by atoms with E-state index in [-0.39, 0.29) is 29.5 Å². The van der Waals surface area contributed by atoms with E-state index in [2.05, 4.69) is 16.0 Å². The van der Waals surface area contributed by atoms with Gasteiger partial charge in [-0.25, -0.2) is 0 Å². The number of rotatable bonds is 5. The molecule has 2 aliphatic rings. The highest BCUT2D eigenvalue weighted by atomic mass is 16.3. The van der Waals surface area contributed by atoms with Gasteiger partial charge in [-0.05, 0) is 49.9 Å². The zero-order valence-corrected chi connectivity index (χ0v) is 14.8. The molecule has 0 spiro atoms. The third-order valence-electron chi connectivity index (χ3n) is 4.74. The number of piperidine rings is 1. The second-order valence-corrected chi connectivity index (χ2v) is 6.95. The number of hydrogen-bond donors (Lipinski definition) is 3. The lowest BCUT2D eigenvalue weighted by atomic mass is 10.0. The highest BCUT2D eigenvalue weighted by Gasteiger charge is 2.26. The van der Waals surface area contributed by atoms with Crippen molar-refractivity contribution in [3.63, 3.8) is 0 Å². The Morgan fingerprint density at radius 2 is 1.89 bits per heavy atom. The average molecular weight is 367 g/mol. The molecule has 0 bridgehead atoms. The molecule has 1 aliphatic carbocycles. The Labute approximate surface area is 156 Å². The van der Waals surface area contributed by atoms with Crippen molar-refractivity contribution in [3.05, 3.63) is 47.7 Å². The highest BCUT2D eigenvalue weighted by Crippen LogP contribution is 2.25. The molecule has 1 aromatic heterocycles. The summed E-state index contributed by atoms with van der Waals surface area (Å²) >= 11 is 0. The van der Waals surface area contributed by atoms with Gasteiger partial charge in [-0.1, -0.05) is 12.1 Å². The average Bonchev–Trinajstić information content (AvgIpc) is 3.35. The van der Waals surface area contributed by atoms with E-state index in [0.29, 0.717) is 29.9 Å². The highest BCUT2D eigenvalue weighted by molar-refractivity contribution is 5.98. The molecule has 2 fully saturated rings. The maximum Gasteiger partial charge on any atom is 0.287 e. The van der Waals surface area contributed by atoms with Crippen LogP contribution in [0.2, 0.25) is 0 Å². The van der Waals surface area contributed by atoms with Gasteiger partial charge >= 0.3 is 0 Å². The first-order valence-electron chi connectivity index (χ1n) is 9.20. The first-order chi connectivity index (χ1) is 13.1. The Hall–Kier alpha value is -3.09. The molecular formula is C20H21N3O4. The van der Waals surface area contributed by atoms with Crippen LogP contribution in [0.4, 0.5) is 0 Å². The van der Waals surface area contributed by atoms with Crippen molar-refractivity contribution in [3.8, 4) is 11.3 Å². The lowest BCUT2D eigenvalue weighted by molar-refractivity contribution is -0.124. The molecule has 2 aromatic rings. The summed E-state index contributed by atoms with van der Waals surface area (Å²) in [6.07, 6.45) is 3.49. The smallest absolute Gasteiger partial charge is 0.287 e. The normalized spacial score (nSPS) is 19.3. The summed E-state index contributed by atoms with van der Waals surface area (Å²) in [5, 5.41) is 8.40. The second kappa shape index (κ2) is 7.26. The van der Waals surface area contributed by atoms with Gasteiger partial charge in [0.1, 0.15) is 11.8 Å². The van der Waals surface area contributed by atoms with Crippen LogP contribution in [-0.2, 0) is 4.79 Å². The zero-order valence-electron chi connectivity index (χ0n) is 14.8. The van der Waals surface area contributed by atoms with E-state index in [1.54, 1.807) is 30.3 Å². The third-order valence-corrected chi connectivity index (χ3v) is 4.74. The van der Waals surface area contributed by atoms with E-state index in [0.717, 1.165) is 19.3 Å². The molecule has 1 aromatic carbocycles. The predicted molar refractivity (Wildman–Crippen MR) is 98.1 cm³/mol. The van der Waals surface area contributed by atoms with E-state index in [1.807, 2.05) is 6.07 Å². The number of benzene rings is 1. The molecule has 4 rings (SSSR count). The summed E-state index contributed by atoms with van der Waals surface area (Å²) in [7, 11) is 0. The maximum atomic E-state index is 12.5. The summed E-state index contributed by atoms with van der Waals surface area (Å²) in [5.41, 5.74) is 1.13. The number of carbonyl (C=O) groups excluding carboxylic acids is 3. The van der Waals surface area contributed by atoms with E-state index < -0.39 is 6.04 Å². The van der Waals surface area contributed by atoms with E-state index in [1.165, 1.54) is 0 Å². The minimum atomic E-state index is -0.503. The lowest BCUT2D eigenvalue weighted by Gasteiger charge is -2.22. The third kappa shape index (κ3) is 4.02. The molecule has 1 saturated carbocycles. The molecule has 140 valence electrons. The van der Waals surface area contributed by atoms with Crippen molar-refractivity contribution in [1.82, 2.24) is 16.0 Å². The zero-order chi connectivity index (χ0) is 18.8. The topological polar surface area (TPSA) is 100 Å². The van der Waals surface area contributed by atoms with Crippen molar-refractivity contribution in [2.75, 3.05) is 6.54 Å². The molecule has 1 aliphatic heterocycles. The molecule has 1 saturated heterocycles. The van der Waals surface area contributed by atoms with Crippen molar-refractivity contribution >= 4 is 17.7 Å². The largest absolute Gasteiger partial charge is 0.451 e. The van der Waals surface area contributed by atoms with Crippen LogP contribution in [0.5, 0.6) is 0 Å². The fraction of sp³-hybridized carbons (Fsp3) is 0.350. The van der Waals surface area contributed by atoms with Crippen LogP contribution in [0.25, 0.3) is 11.3 Å². The summed E-state index contributed by atoms with van der Waals surface area (Å²) in [5.74, 6) is 0.0906. The standard InChI is InChI=1S/C20H21N3O4/c24-18(23-15-5-2-10-21-19(15)25)13-4-1-3-12(11-13)16-8-9-17(27-16)20(26)22-14-6-7-14/h1,3-4,8-9,11,14-15H,2,5-7,10H2,(H,21,25)(H,22,26)(H,23,24). The van der Waals surface area contributed by atoms with Crippen molar-refractivity contribution in [1.29, 1.82) is 0 Å². The van der Waals surface area contributed by atoms with Gasteiger partial charge in [-0.15, -0.1) is 0 Å². The summed E-state index contributed by atoms with van der Waals surface area (Å²) in [6.45, 7) is 0.649.